The first-order chi connectivity index (χ1) is 18.0. The van der Waals surface area contributed by atoms with Gasteiger partial charge in [-0.25, -0.2) is 0 Å². The number of thioether (sulfide) groups is 1. The van der Waals surface area contributed by atoms with Crippen LogP contribution in [0, 0.1) is 35.0 Å². The number of esters is 1. The number of carbonyl (C=O) groups excluding carboxylic acids is 2. The molecule has 0 bridgehead atoms. The number of nitrogens with two attached hydrogens (primary N) is 1. The first-order valence-corrected chi connectivity index (χ1v) is 15.5. The molecule has 0 radical (unpaired) electrons. The van der Waals surface area contributed by atoms with Gasteiger partial charge in [0.2, 0.25) is 0 Å². The highest BCUT2D eigenvalue weighted by molar-refractivity contribution is 8.02. The van der Waals surface area contributed by atoms with Crippen LogP contribution in [0.3, 0.4) is 0 Å². The molecule has 8 heteroatoms. The fourth-order valence-corrected chi connectivity index (χ4v) is 7.07. The number of aliphatic hydroxyl groups is 2. The van der Waals surface area contributed by atoms with Crippen LogP contribution in [0.25, 0.3) is 0 Å². The molecule has 0 aromatic rings. The molecular weight excluding hydrogens is 514 g/mol. The molecule has 0 aromatic heterocycles. The normalized spacial score (nSPS) is 42.7. The third-order valence-corrected chi connectivity index (χ3v) is 11.0. The van der Waals surface area contributed by atoms with Gasteiger partial charge in [0, 0.05) is 23.3 Å². The zero-order valence-corrected chi connectivity index (χ0v) is 26.1. The van der Waals surface area contributed by atoms with Crippen LogP contribution in [-0.2, 0) is 19.1 Å². The van der Waals surface area contributed by atoms with Crippen molar-refractivity contribution >= 4 is 23.5 Å². The van der Waals surface area contributed by atoms with Gasteiger partial charge in [-0.05, 0) is 67.4 Å². The van der Waals surface area contributed by atoms with E-state index < -0.39 is 35.6 Å². The summed E-state index contributed by atoms with van der Waals surface area (Å²) >= 11 is 1.67. The third kappa shape index (κ3) is 7.30. The number of hydrogen-bond acceptors (Lipinski definition) is 8. The number of ether oxygens (including phenoxy) is 2. The summed E-state index contributed by atoms with van der Waals surface area (Å²) < 4.78 is 12.1. The molecule has 2 aliphatic heterocycles. The number of carbonyl (C=O) groups is 2. The Bertz CT molecular complexity index is 978. The molecule has 1 aliphatic carbocycles. The van der Waals surface area contributed by atoms with E-state index in [1.54, 1.807) is 32.5 Å². The van der Waals surface area contributed by atoms with Crippen LogP contribution >= 0.6 is 11.8 Å². The minimum atomic E-state index is -1.24. The van der Waals surface area contributed by atoms with E-state index in [9.17, 15) is 19.8 Å². The minimum Gasteiger partial charge on any atom is -0.458 e. The summed E-state index contributed by atoms with van der Waals surface area (Å²) in [6.45, 7) is 17.5. The molecule has 1 unspecified atom stereocenters. The highest BCUT2D eigenvalue weighted by Gasteiger charge is 2.61. The van der Waals surface area contributed by atoms with E-state index >= 15 is 0 Å². The van der Waals surface area contributed by atoms with Gasteiger partial charge >= 0.3 is 5.97 Å². The van der Waals surface area contributed by atoms with Gasteiger partial charge in [0.25, 0.3) is 0 Å². The second-order valence-electron chi connectivity index (χ2n) is 13.2. The zero-order chi connectivity index (χ0) is 29.4. The molecule has 0 aromatic carbocycles. The van der Waals surface area contributed by atoms with Crippen molar-refractivity contribution in [1.29, 1.82) is 0 Å². The van der Waals surface area contributed by atoms with Gasteiger partial charge in [0.15, 0.2) is 0 Å². The van der Waals surface area contributed by atoms with Crippen molar-refractivity contribution in [2.75, 3.05) is 0 Å². The summed E-state index contributed by atoms with van der Waals surface area (Å²) in [5, 5.41) is 24.5. The number of hydrogen-bond donors (Lipinski definition) is 3. The number of Topliss-reactive ketones (excluding diaryl/α,β-unsaturated/α-hetero) is 1. The fraction of sp³-hybridized carbons (Fsp3) is 0.806. The molecule has 3 aliphatic rings. The maximum Gasteiger partial charge on any atom is 0.309 e. The van der Waals surface area contributed by atoms with Crippen LogP contribution in [0.1, 0.15) is 88.0 Å². The first kappa shape index (κ1) is 32.2. The Morgan fingerprint density at radius 3 is 2.44 bits per heavy atom. The topological polar surface area (TPSA) is 122 Å². The van der Waals surface area contributed by atoms with Crippen LogP contribution in [-0.4, -0.2) is 57.2 Å². The van der Waals surface area contributed by atoms with Crippen molar-refractivity contribution in [3.05, 3.63) is 22.8 Å². The van der Waals surface area contributed by atoms with Crippen molar-refractivity contribution in [3.63, 3.8) is 0 Å². The summed E-state index contributed by atoms with van der Waals surface area (Å²) in [7, 11) is 0. The fourth-order valence-electron chi connectivity index (χ4n) is 6.42. The summed E-state index contributed by atoms with van der Waals surface area (Å²) in [6.07, 6.45) is 1.23. The number of fused-ring (bicyclic) bond motifs is 2. The van der Waals surface area contributed by atoms with Crippen LogP contribution in [0.4, 0.5) is 0 Å². The number of epoxide rings is 1. The third-order valence-electron chi connectivity index (χ3n) is 9.83. The predicted octanol–water partition coefficient (Wildman–Crippen LogP) is 4.99. The average molecular weight is 566 g/mol. The van der Waals surface area contributed by atoms with Gasteiger partial charge in [0.1, 0.15) is 11.9 Å². The van der Waals surface area contributed by atoms with Gasteiger partial charge in [0.05, 0.1) is 35.7 Å². The molecule has 1 saturated carbocycles. The van der Waals surface area contributed by atoms with Gasteiger partial charge in [-0.2, -0.15) is 0 Å². The van der Waals surface area contributed by atoms with Crippen molar-refractivity contribution in [1.82, 2.24) is 0 Å². The number of cyclic esters (lactones) is 1. The van der Waals surface area contributed by atoms with Crippen molar-refractivity contribution in [2.24, 2.45) is 40.7 Å². The monoisotopic (exact) mass is 565 g/mol. The number of rotatable bonds is 5. The Labute approximate surface area is 239 Å². The van der Waals surface area contributed by atoms with E-state index in [-0.39, 0.29) is 29.8 Å². The highest BCUT2D eigenvalue weighted by Crippen LogP contribution is 2.59. The lowest BCUT2D eigenvalue weighted by Gasteiger charge is -2.34. The molecule has 11 atom stereocenters. The quantitative estimate of drug-likeness (QED) is 0.242. The molecule has 2 heterocycles. The molecule has 7 nitrogen and oxygen atoms in total. The van der Waals surface area contributed by atoms with Gasteiger partial charge in [-0.15, -0.1) is 11.8 Å². The largest absolute Gasteiger partial charge is 0.458 e. The Hall–Kier alpha value is -1.35. The minimum absolute atomic E-state index is 0.0588. The molecule has 39 heavy (non-hydrogen) atoms. The maximum absolute atomic E-state index is 13.4. The van der Waals surface area contributed by atoms with Crippen molar-refractivity contribution in [3.8, 4) is 0 Å². The molecule has 0 amide bonds. The van der Waals surface area contributed by atoms with Gasteiger partial charge < -0.3 is 25.4 Å². The van der Waals surface area contributed by atoms with E-state index in [0.717, 1.165) is 18.4 Å². The van der Waals surface area contributed by atoms with Crippen molar-refractivity contribution in [2.45, 2.75) is 123 Å². The maximum atomic E-state index is 13.4. The van der Waals surface area contributed by atoms with Crippen LogP contribution in [0.15, 0.2) is 22.8 Å². The Kier molecular flexibility index (Phi) is 10.1. The Balaban J connectivity index is 1.88. The summed E-state index contributed by atoms with van der Waals surface area (Å²) in [5.74, 6) is -0.421. The van der Waals surface area contributed by atoms with E-state index in [1.165, 1.54) is 0 Å². The summed E-state index contributed by atoms with van der Waals surface area (Å²) in [6, 6.07) is 0. The molecule has 4 N–H and O–H groups in total. The van der Waals surface area contributed by atoms with E-state index in [1.807, 2.05) is 25.3 Å². The number of allylic oxidation sites excluding steroid dienone is 1. The van der Waals surface area contributed by atoms with Crippen molar-refractivity contribution < 1.29 is 29.3 Å². The lowest BCUT2D eigenvalue weighted by molar-refractivity contribution is -0.154. The predicted molar refractivity (Wildman–Crippen MR) is 156 cm³/mol. The SMILES string of the molecule is CCC(C)S/C=C(N)/C=C(\C)[C@@H]1C[C@@H]2O[C@]2(C)C[C@H]2[C@H](C)[C@@H]2[C@H](C)[C@H](O)[C@@H](C)C(=O)C(C)(C)[C@@H](O)CC(=O)O1. The summed E-state index contributed by atoms with van der Waals surface area (Å²) in [4.78, 5) is 26.5. The second kappa shape index (κ2) is 12.3. The Morgan fingerprint density at radius 1 is 1.18 bits per heavy atom. The smallest absolute Gasteiger partial charge is 0.309 e. The molecule has 0 spiro atoms. The lowest BCUT2D eigenvalue weighted by Crippen LogP contribution is -2.46. The molecule has 3 fully saturated rings. The zero-order valence-electron chi connectivity index (χ0n) is 25.3. The second-order valence-corrected chi connectivity index (χ2v) is 14.6. The molecule has 3 rings (SSSR count). The molecule has 222 valence electrons. The van der Waals surface area contributed by atoms with Gasteiger partial charge in [-0.3, -0.25) is 9.59 Å². The average Bonchev–Trinajstić information content (AvgIpc) is 3.72. The van der Waals surface area contributed by atoms with Crippen LogP contribution in [0.2, 0.25) is 0 Å². The van der Waals surface area contributed by atoms with Crippen LogP contribution < -0.4 is 5.73 Å². The van der Waals surface area contributed by atoms with E-state index in [0.29, 0.717) is 35.1 Å². The molecule has 2 saturated heterocycles. The van der Waals surface area contributed by atoms with Gasteiger partial charge in [-0.1, -0.05) is 48.5 Å². The molecular formula is C31H51NO6S. The standard InChI is InChI=1S/C31H51NO6S/c1-10-17(3)39-15-21(32)11-16(2)23-12-25-31(9,38-25)14-22-18(4)27(22)19(5)28(35)20(6)29(36)30(7,8)24(33)13-26(34)37-23/h11,15,17-20,22-25,27-28,33,35H,10,12-14,32H2,1-9H3/b16-11+,21-15-/t17?,18-,19-,20+,22-,23-,24-,25-,27+,28-,31+/m0/s1. The lowest BCUT2D eigenvalue weighted by atomic mass is 9.72. The number of aliphatic hydroxyl groups excluding tert-OH is 2. The van der Waals surface area contributed by atoms with Crippen LogP contribution in [0.5, 0.6) is 0 Å². The van der Waals surface area contributed by atoms with E-state index in [2.05, 4.69) is 27.7 Å². The van der Waals surface area contributed by atoms with E-state index in [4.69, 9.17) is 15.2 Å². The summed E-state index contributed by atoms with van der Waals surface area (Å²) in [5.41, 5.74) is 6.15. The number of ketones is 1. The Morgan fingerprint density at radius 2 is 1.82 bits per heavy atom. The highest BCUT2D eigenvalue weighted by atomic mass is 32.2. The first-order valence-electron chi connectivity index (χ1n) is 14.6.